The molecule has 14 rings (SSSR count). The molecule has 11 aromatic rings. The third-order valence-electron chi connectivity index (χ3n) is 16.3. The van der Waals surface area contributed by atoms with Crippen LogP contribution in [0.3, 0.4) is 0 Å². The summed E-state index contributed by atoms with van der Waals surface area (Å²) in [5, 5.41) is 8.88. The molecule has 1 atom stereocenters. The molecule has 1 heterocycles. The van der Waals surface area contributed by atoms with Crippen molar-refractivity contribution >= 4 is 65.6 Å². The zero-order valence-electron chi connectivity index (χ0n) is 41.2. The van der Waals surface area contributed by atoms with Crippen LogP contribution in [0.1, 0.15) is 89.7 Å². The Bertz CT molecular complexity index is 4120. The minimum Gasteiger partial charge on any atom is -0.456 e. The van der Waals surface area contributed by atoms with E-state index in [0.717, 1.165) is 55.3 Å². The molecule has 1 unspecified atom stereocenters. The molecule has 348 valence electrons. The molecular formula is C72H54O. The van der Waals surface area contributed by atoms with E-state index in [1.165, 1.54) is 127 Å². The van der Waals surface area contributed by atoms with Crippen LogP contribution < -0.4 is 0 Å². The van der Waals surface area contributed by atoms with Crippen LogP contribution in [0.4, 0.5) is 0 Å². The normalized spacial score (nSPS) is 17.3. The number of fused-ring (bicyclic) bond motifs is 12. The van der Waals surface area contributed by atoms with Gasteiger partial charge in [-0.3, -0.25) is 0 Å². The van der Waals surface area contributed by atoms with Crippen molar-refractivity contribution < 1.29 is 4.42 Å². The number of furan rings is 1. The second-order valence-corrected chi connectivity index (χ2v) is 20.4. The summed E-state index contributed by atoms with van der Waals surface area (Å²) in [7, 11) is 0. The number of benzene rings is 10. The molecule has 3 aliphatic rings. The van der Waals surface area contributed by atoms with E-state index in [2.05, 4.69) is 237 Å². The first-order valence-corrected chi connectivity index (χ1v) is 26.3. The van der Waals surface area contributed by atoms with Crippen molar-refractivity contribution in [2.24, 2.45) is 0 Å². The summed E-state index contributed by atoms with van der Waals surface area (Å²) >= 11 is 0. The topological polar surface area (TPSA) is 13.1 Å². The summed E-state index contributed by atoms with van der Waals surface area (Å²) < 4.78 is 7.21. The molecule has 0 N–H and O–H groups in total. The van der Waals surface area contributed by atoms with Crippen LogP contribution in [0.25, 0.3) is 99.0 Å². The van der Waals surface area contributed by atoms with E-state index in [0.29, 0.717) is 0 Å². The van der Waals surface area contributed by atoms with Crippen LogP contribution in [-0.2, 0) is 6.42 Å². The Balaban J connectivity index is 1.03. The minimum absolute atomic E-state index is 0.125. The zero-order chi connectivity index (χ0) is 48.4. The SMILES string of the molecule is C/C1=C(\c2ccccc2)CC/C=C(/c2ccc(C3=CC=CCC3)cc2)c2c1oc1ccc(-c3cc4c5ccccc5c5ccccc5c4cc3C3CCc4ccccc4-c4cc(-c5ccccc5)ccc43)cc21. The molecule has 10 aromatic carbocycles. The summed E-state index contributed by atoms with van der Waals surface area (Å²) in [6.45, 7) is 2.28. The Hall–Kier alpha value is -8.52. The van der Waals surface area contributed by atoms with Crippen molar-refractivity contribution in [2.45, 2.75) is 51.4 Å². The van der Waals surface area contributed by atoms with Gasteiger partial charge in [0.05, 0.1) is 0 Å². The van der Waals surface area contributed by atoms with Gasteiger partial charge in [-0.2, -0.15) is 0 Å². The summed E-state index contributed by atoms with van der Waals surface area (Å²) in [6.07, 6.45) is 15.2. The fourth-order valence-corrected chi connectivity index (χ4v) is 12.7. The molecular weight excluding hydrogens is 881 g/mol. The first kappa shape index (κ1) is 43.3. The van der Waals surface area contributed by atoms with Crippen molar-refractivity contribution in [3.8, 4) is 33.4 Å². The predicted octanol–water partition coefficient (Wildman–Crippen LogP) is 19.9. The van der Waals surface area contributed by atoms with E-state index in [-0.39, 0.29) is 5.92 Å². The van der Waals surface area contributed by atoms with Gasteiger partial charge in [-0.15, -0.1) is 0 Å². The molecule has 73 heavy (non-hydrogen) atoms. The predicted molar refractivity (Wildman–Crippen MR) is 310 cm³/mol. The lowest BCUT2D eigenvalue weighted by atomic mass is 9.79. The number of hydrogen-bond donors (Lipinski definition) is 0. The van der Waals surface area contributed by atoms with Gasteiger partial charge in [0.15, 0.2) is 0 Å². The van der Waals surface area contributed by atoms with Crippen LogP contribution in [0, 0.1) is 0 Å². The van der Waals surface area contributed by atoms with Crippen LogP contribution in [0.2, 0.25) is 0 Å². The molecule has 0 amide bonds. The largest absolute Gasteiger partial charge is 0.456 e. The Kier molecular flexibility index (Phi) is 10.6. The summed E-state index contributed by atoms with van der Waals surface area (Å²) in [5.74, 6) is 1.09. The van der Waals surface area contributed by atoms with Gasteiger partial charge < -0.3 is 4.42 Å². The lowest BCUT2D eigenvalue weighted by Crippen LogP contribution is -2.05. The maximum Gasteiger partial charge on any atom is 0.139 e. The van der Waals surface area contributed by atoms with Gasteiger partial charge >= 0.3 is 0 Å². The van der Waals surface area contributed by atoms with Crippen LogP contribution in [0.15, 0.2) is 235 Å². The summed E-state index contributed by atoms with van der Waals surface area (Å²) in [4.78, 5) is 0. The summed E-state index contributed by atoms with van der Waals surface area (Å²) in [6, 6.07) is 77.7. The first-order valence-electron chi connectivity index (χ1n) is 26.3. The molecule has 1 aromatic heterocycles. The van der Waals surface area contributed by atoms with Crippen molar-refractivity contribution in [2.75, 3.05) is 0 Å². The van der Waals surface area contributed by atoms with Crippen LogP contribution in [0.5, 0.6) is 0 Å². The van der Waals surface area contributed by atoms with Gasteiger partial charge in [-0.1, -0.05) is 200 Å². The van der Waals surface area contributed by atoms with Crippen molar-refractivity contribution in [3.05, 3.63) is 275 Å². The van der Waals surface area contributed by atoms with E-state index in [1.54, 1.807) is 0 Å². The quantitative estimate of drug-likeness (QED) is 0.151. The van der Waals surface area contributed by atoms with Gasteiger partial charge in [0.2, 0.25) is 0 Å². The summed E-state index contributed by atoms with van der Waals surface area (Å²) in [5.41, 5.74) is 22.8. The van der Waals surface area contributed by atoms with E-state index in [1.807, 2.05) is 0 Å². The molecule has 0 bridgehead atoms. The van der Waals surface area contributed by atoms with E-state index >= 15 is 0 Å². The molecule has 3 aliphatic carbocycles. The number of allylic oxidation sites excluding steroid dienone is 7. The second kappa shape index (κ2) is 18.0. The Morgan fingerprint density at radius 2 is 1.07 bits per heavy atom. The van der Waals surface area contributed by atoms with Crippen LogP contribution >= 0.6 is 0 Å². The standard InChI is InChI=1S/C72H54O/c1-46-55(50-22-9-4-10-23-50)30-17-31-57(52-34-32-49(33-35-52)47-18-5-2-6-19-47)71-69-43-54(38-41-70(69)73-72(46)71)64-44-67-60-28-15-13-26-58(60)59-27-14-16-29-61(59)68(67)45-66(64)63-39-36-51-24-11-12-25-56(51)65-42-53(37-40-62(63)65)48-20-7-3-8-21-48/h2-5,7-16,18,20-29,31-35,37-38,40-45,63H,6,17,19,30,36,39H2,1H3/b55-46+,57-31-. The van der Waals surface area contributed by atoms with Crippen molar-refractivity contribution in [1.29, 1.82) is 0 Å². The van der Waals surface area contributed by atoms with Gasteiger partial charge in [0.1, 0.15) is 11.3 Å². The molecule has 1 nitrogen and oxygen atoms in total. The highest BCUT2D eigenvalue weighted by molar-refractivity contribution is 6.26. The zero-order valence-corrected chi connectivity index (χ0v) is 41.2. The maximum absolute atomic E-state index is 7.21. The lowest BCUT2D eigenvalue weighted by molar-refractivity contribution is 0.598. The Morgan fingerprint density at radius 1 is 0.425 bits per heavy atom. The Labute approximate surface area is 427 Å². The van der Waals surface area contributed by atoms with E-state index < -0.39 is 0 Å². The monoisotopic (exact) mass is 934 g/mol. The number of rotatable bonds is 6. The number of hydrogen-bond acceptors (Lipinski definition) is 1. The van der Waals surface area contributed by atoms with Crippen molar-refractivity contribution in [1.82, 2.24) is 0 Å². The lowest BCUT2D eigenvalue weighted by Gasteiger charge is -2.24. The molecule has 1 heteroatoms. The molecule has 0 saturated carbocycles. The smallest absolute Gasteiger partial charge is 0.139 e. The molecule has 0 aliphatic heterocycles. The second-order valence-electron chi connectivity index (χ2n) is 20.4. The fraction of sp³-hybridized carbons (Fsp3) is 0.111. The number of aryl methyl sites for hydroxylation is 1. The van der Waals surface area contributed by atoms with Gasteiger partial charge in [0.25, 0.3) is 0 Å². The third-order valence-corrected chi connectivity index (χ3v) is 16.3. The van der Waals surface area contributed by atoms with Crippen LogP contribution in [-0.4, -0.2) is 0 Å². The highest BCUT2D eigenvalue weighted by Gasteiger charge is 2.29. The highest BCUT2D eigenvalue weighted by atomic mass is 16.3. The molecule has 0 spiro atoms. The first-order chi connectivity index (χ1) is 36.1. The van der Waals surface area contributed by atoms with E-state index in [9.17, 15) is 0 Å². The van der Waals surface area contributed by atoms with Gasteiger partial charge in [-0.05, 0) is 197 Å². The maximum atomic E-state index is 7.21. The molecule has 0 radical (unpaired) electrons. The average Bonchev–Trinajstić information content (AvgIpc) is 3.75. The van der Waals surface area contributed by atoms with Crippen molar-refractivity contribution in [3.63, 3.8) is 0 Å². The molecule has 0 fully saturated rings. The van der Waals surface area contributed by atoms with E-state index in [4.69, 9.17) is 4.42 Å². The molecule has 0 saturated heterocycles. The average molecular weight is 935 g/mol. The minimum atomic E-state index is 0.125. The highest BCUT2D eigenvalue weighted by Crippen LogP contribution is 2.50. The van der Waals surface area contributed by atoms with Gasteiger partial charge in [0, 0.05) is 16.9 Å². The third kappa shape index (κ3) is 7.45. The Morgan fingerprint density at radius 3 is 1.81 bits per heavy atom. The fourth-order valence-electron chi connectivity index (χ4n) is 12.7. The van der Waals surface area contributed by atoms with Gasteiger partial charge in [-0.25, -0.2) is 0 Å².